The molecule has 0 amide bonds. The number of rotatable bonds is 6. The Morgan fingerprint density at radius 3 is 2.57 bits per heavy atom. The highest BCUT2D eigenvalue weighted by atomic mass is 35.5. The number of hydrogen-bond acceptors (Lipinski definition) is 4. The maximum absolute atomic E-state index is 12.6. The van der Waals surface area contributed by atoms with Crippen molar-refractivity contribution in [3.8, 4) is 5.75 Å². The largest absolute Gasteiger partial charge is 0.492 e. The molecule has 2 aromatic carbocycles. The van der Waals surface area contributed by atoms with Crippen molar-refractivity contribution in [1.82, 2.24) is 4.72 Å². The first-order chi connectivity index (χ1) is 14.3. The van der Waals surface area contributed by atoms with Gasteiger partial charge in [0.2, 0.25) is 10.0 Å². The number of hydrogen-bond donors (Lipinski definition) is 2. The summed E-state index contributed by atoms with van der Waals surface area (Å²) in [5.41, 5.74) is 1.46. The van der Waals surface area contributed by atoms with Crippen LogP contribution in [0.2, 0.25) is 15.1 Å². The molecule has 2 N–H and O–H groups in total. The van der Waals surface area contributed by atoms with E-state index in [0.717, 1.165) is 5.56 Å². The van der Waals surface area contributed by atoms with Crippen molar-refractivity contribution >= 4 is 50.5 Å². The monoisotopic (exact) mass is 492 g/mol. The highest BCUT2D eigenvalue weighted by molar-refractivity contribution is 7.89. The van der Waals surface area contributed by atoms with Crippen LogP contribution < -0.4 is 14.8 Å². The lowest BCUT2D eigenvalue weighted by Crippen LogP contribution is -2.44. The molecular formula is C20H20Cl3FN2O3S. The van der Waals surface area contributed by atoms with Gasteiger partial charge in [0, 0.05) is 18.0 Å². The van der Waals surface area contributed by atoms with Crippen molar-refractivity contribution in [3.63, 3.8) is 0 Å². The third-order valence-corrected chi connectivity index (χ3v) is 8.08. The number of benzene rings is 2. The van der Waals surface area contributed by atoms with E-state index in [9.17, 15) is 12.8 Å². The lowest BCUT2D eigenvalue weighted by atomic mass is 9.82. The lowest BCUT2D eigenvalue weighted by molar-refractivity contribution is 0.198. The molecule has 0 radical (unpaired) electrons. The van der Waals surface area contributed by atoms with Crippen LogP contribution in [0.25, 0.3) is 0 Å². The Hall–Kier alpha value is -1.25. The molecule has 2 aliphatic rings. The Morgan fingerprint density at radius 1 is 1.10 bits per heavy atom. The topological polar surface area (TPSA) is 67.4 Å². The van der Waals surface area contributed by atoms with Crippen LogP contribution in [-0.2, 0) is 10.0 Å². The molecule has 1 unspecified atom stereocenters. The molecule has 2 aromatic rings. The minimum atomic E-state index is -3.72. The highest BCUT2D eigenvalue weighted by Gasteiger charge is 2.33. The molecule has 10 heteroatoms. The van der Waals surface area contributed by atoms with Gasteiger partial charge in [0.05, 0.1) is 40.0 Å². The molecule has 1 fully saturated rings. The summed E-state index contributed by atoms with van der Waals surface area (Å²) in [6.07, 6.45) is 1.71. The predicted molar refractivity (Wildman–Crippen MR) is 117 cm³/mol. The second kappa shape index (κ2) is 8.71. The van der Waals surface area contributed by atoms with E-state index in [-0.39, 0.29) is 27.9 Å². The van der Waals surface area contributed by atoms with E-state index in [4.69, 9.17) is 39.5 Å². The second-order valence-corrected chi connectivity index (χ2v) is 10.5. The number of sulfonamides is 1. The fourth-order valence-corrected chi connectivity index (χ4v) is 5.73. The van der Waals surface area contributed by atoms with Crippen LogP contribution in [0.5, 0.6) is 5.75 Å². The average molecular weight is 494 g/mol. The molecule has 0 aromatic heterocycles. The van der Waals surface area contributed by atoms with Crippen LogP contribution in [0, 0.1) is 5.92 Å². The molecule has 1 aliphatic heterocycles. The van der Waals surface area contributed by atoms with Crippen LogP contribution >= 0.6 is 34.8 Å². The van der Waals surface area contributed by atoms with Crippen molar-refractivity contribution in [2.45, 2.75) is 36.2 Å². The first-order valence-corrected chi connectivity index (χ1v) is 12.1. The van der Waals surface area contributed by atoms with Gasteiger partial charge in [0.15, 0.2) is 0 Å². The van der Waals surface area contributed by atoms with E-state index in [0.29, 0.717) is 47.4 Å². The van der Waals surface area contributed by atoms with E-state index in [1.807, 2.05) is 6.07 Å². The second-order valence-electron chi connectivity index (χ2n) is 7.57. The lowest BCUT2D eigenvalue weighted by Gasteiger charge is -2.33. The van der Waals surface area contributed by atoms with Crippen molar-refractivity contribution in [2.24, 2.45) is 5.92 Å². The van der Waals surface area contributed by atoms with E-state index < -0.39 is 16.7 Å². The van der Waals surface area contributed by atoms with Gasteiger partial charge in [0.25, 0.3) is 0 Å². The van der Waals surface area contributed by atoms with Crippen LogP contribution in [0.3, 0.4) is 0 Å². The minimum absolute atomic E-state index is 0.0569. The summed E-state index contributed by atoms with van der Waals surface area (Å²) >= 11 is 18.7. The molecule has 1 saturated carbocycles. The van der Waals surface area contributed by atoms with Gasteiger partial charge in [-0.25, -0.2) is 13.1 Å². The quantitative estimate of drug-likeness (QED) is 0.549. The van der Waals surface area contributed by atoms with Crippen molar-refractivity contribution in [1.29, 1.82) is 0 Å². The Morgan fingerprint density at radius 2 is 1.87 bits per heavy atom. The SMILES string of the molecule is O=S(=O)(NC1CC(CF)C1)c1ccc(NC2CCOc3c2ccc(Cl)c3Cl)c(Cl)c1. The van der Waals surface area contributed by atoms with Gasteiger partial charge in [-0.1, -0.05) is 40.9 Å². The van der Waals surface area contributed by atoms with Crippen molar-refractivity contribution < 1.29 is 17.5 Å². The molecule has 1 aliphatic carbocycles. The number of nitrogens with one attached hydrogen (secondary N) is 2. The first kappa shape index (κ1) is 22.0. The summed E-state index contributed by atoms with van der Waals surface area (Å²) in [7, 11) is -3.72. The maximum Gasteiger partial charge on any atom is 0.240 e. The van der Waals surface area contributed by atoms with Crippen LogP contribution in [-0.4, -0.2) is 27.7 Å². The van der Waals surface area contributed by atoms with Gasteiger partial charge in [-0.15, -0.1) is 0 Å². The van der Waals surface area contributed by atoms with Crippen LogP contribution in [0.4, 0.5) is 10.1 Å². The van der Waals surface area contributed by atoms with Crippen molar-refractivity contribution in [2.75, 3.05) is 18.6 Å². The van der Waals surface area contributed by atoms with Gasteiger partial charge in [-0.3, -0.25) is 4.39 Å². The van der Waals surface area contributed by atoms with Gasteiger partial charge in [-0.05, 0) is 43.0 Å². The number of anilines is 1. The molecule has 1 heterocycles. The predicted octanol–water partition coefficient (Wildman–Crippen LogP) is 5.61. The molecule has 4 rings (SSSR count). The standard InChI is InChI=1S/C20H20Cl3FN2O3S/c21-15-3-2-14-17(5-6-29-20(14)19(15)23)25-18-4-1-13(9-16(18)22)30(27,28)26-12-7-11(8-12)10-24/h1-4,9,11-12,17,25-26H,5-8,10H2. The summed E-state index contributed by atoms with van der Waals surface area (Å²) in [4.78, 5) is 0.0731. The number of ether oxygens (including phenoxy) is 1. The highest BCUT2D eigenvalue weighted by Crippen LogP contribution is 2.43. The van der Waals surface area contributed by atoms with Crippen LogP contribution in [0.1, 0.15) is 30.9 Å². The number of halogens is 4. The molecule has 5 nitrogen and oxygen atoms in total. The number of alkyl halides is 1. The molecule has 30 heavy (non-hydrogen) atoms. The Kier molecular flexibility index (Phi) is 6.38. The van der Waals surface area contributed by atoms with E-state index in [1.54, 1.807) is 12.1 Å². The third kappa shape index (κ3) is 4.36. The zero-order chi connectivity index (χ0) is 21.5. The fraction of sp³-hybridized carbons (Fsp3) is 0.400. The van der Waals surface area contributed by atoms with Gasteiger partial charge < -0.3 is 10.1 Å². The maximum atomic E-state index is 12.6. The summed E-state index contributed by atoms with van der Waals surface area (Å²) in [6.45, 7) is 0.0389. The van der Waals surface area contributed by atoms with Gasteiger partial charge in [-0.2, -0.15) is 0 Å². The minimum Gasteiger partial charge on any atom is -0.492 e. The summed E-state index contributed by atoms with van der Waals surface area (Å²) in [6, 6.07) is 7.75. The first-order valence-electron chi connectivity index (χ1n) is 9.53. The molecule has 1 atom stereocenters. The van der Waals surface area contributed by atoms with Crippen LogP contribution in [0.15, 0.2) is 35.2 Å². The zero-order valence-electron chi connectivity index (χ0n) is 15.8. The average Bonchev–Trinajstić information content (AvgIpc) is 2.69. The van der Waals surface area contributed by atoms with Crippen molar-refractivity contribution in [3.05, 3.63) is 51.0 Å². The smallest absolute Gasteiger partial charge is 0.240 e. The normalized spacial score (nSPS) is 23.3. The fourth-order valence-electron chi connectivity index (χ4n) is 3.77. The summed E-state index contributed by atoms with van der Waals surface area (Å²) in [5.74, 6) is 0.484. The Balaban J connectivity index is 1.50. The van der Waals surface area contributed by atoms with E-state index >= 15 is 0 Å². The van der Waals surface area contributed by atoms with Gasteiger partial charge in [0.1, 0.15) is 10.8 Å². The zero-order valence-corrected chi connectivity index (χ0v) is 18.9. The molecule has 162 valence electrons. The van der Waals surface area contributed by atoms with E-state index in [1.165, 1.54) is 12.1 Å². The summed E-state index contributed by atoms with van der Waals surface area (Å²) in [5, 5.41) is 4.40. The Bertz CT molecular complexity index is 1060. The molecule has 0 saturated heterocycles. The summed E-state index contributed by atoms with van der Waals surface area (Å²) < 4.78 is 46.0. The Labute approximate surface area is 189 Å². The van der Waals surface area contributed by atoms with E-state index in [2.05, 4.69) is 10.0 Å². The molecule has 0 bridgehead atoms. The molecule has 0 spiro atoms. The number of fused-ring (bicyclic) bond motifs is 1. The van der Waals surface area contributed by atoms with Gasteiger partial charge >= 0.3 is 0 Å². The molecular weight excluding hydrogens is 474 g/mol. The third-order valence-electron chi connectivity index (χ3n) is 5.47.